The van der Waals surface area contributed by atoms with Crippen molar-refractivity contribution in [2.24, 2.45) is 5.92 Å². The van der Waals surface area contributed by atoms with Gasteiger partial charge < -0.3 is 4.90 Å². The van der Waals surface area contributed by atoms with Crippen LogP contribution in [-0.4, -0.2) is 18.1 Å². The highest BCUT2D eigenvalue weighted by Crippen LogP contribution is 2.31. The van der Waals surface area contributed by atoms with Gasteiger partial charge in [0.05, 0.1) is 6.54 Å². The van der Waals surface area contributed by atoms with Crippen LogP contribution in [0.4, 0.5) is 5.82 Å². The van der Waals surface area contributed by atoms with Crippen molar-refractivity contribution in [1.82, 2.24) is 4.98 Å². The standard InChI is InChI=1S/C13H15BrN2/c1-3-6-16(9-11-4-5-11)13-7-10(2)12(14)8-15-13/h1,7-8,11H,4-6,9H2,2H3. The Bertz CT molecular complexity index is 418. The van der Waals surface area contributed by atoms with Crippen LogP contribution in [0, 0.1) is 25.2 Å². The average molecular weight is 279 g/mol. The lowest BCUT2D eigenvalue weighted by Gasteiger charge is -2.21. The van der Waals surface area contributed by atoms with E-state index in [1.165, 1.54) is 18.4 Å². The lowest BCUT2D eigenvalue weighted by atomic mass is 10.2. The summed E-state index contributed by atoms with van der Waals surface area (Å²) >= 11 is 3.46. The molecule has 0 spiro atoms. The van der Waals surface area contributed by atoms with Gasteiger partial charge >= 0.3 is 0 Å². The molecule has 0 aliphatic heterocycles. The monoisotopic (exact) mass is 278 g/mol. The minimum Gasteiger partial charge on any atom is -0.345 e. The zero-order valence-electron chi connectivity index (χ0n) is 9.41. The predicted molar refractivity (Wildman–Crippen MR) is 70.4 cm³/mol. The second-order valence-electron chi connectivity index (χ2n) is 4.32. The Morgan fingerprint density at radius 3 is 2.94 bits per heavy atom. The van der Waals surface area contributed by atoms with Crippen molar-refractivity contribution in [3.63, 3.8) is 0 Å². The molecule has 1 aliphatic carbocycles. The van der Waals surface area contributed by atoms with E-state index >= 15 is 0 Å². The molecule has 0 N–H and O–H groups in total. The van der Waals surface area contributed by atoms with E-state index in [9.17, 15) is 0 Å². The summed E-state index contributed by atoms with van der Waals surface area (Å²) in [6, 6.07) is 2.09. The third kappa shape index (κ3) is 2.76. The average Bonchev–Trinajstić information content (AvgIpc) is 3.05. The van der Waals surface area contributed by atoms with Gasteiger partial charge in [0.25, 0.3) is 0 Å². The smallest absolute Gasteiger partial charge is 0.129 e. The van der Waals surface area contributed by atoms with Crippen molar-refractivity contribution in [1.29, 1.82) is 0 Å². The van der Waals surface area contributed by atoms with Crippen LogP contribution in [0.3, 0.4) is 0 Å². The van der Waals surface area contributed by atoms with Crippen molar-refractivity contribution in [2.75, 3.05) is 18.0 Å². The molecule has 1 aromatic rings. The molecule has 1 heterocycles. The molecule has 16 heavy (non-hydrogen) atoms. The molecule has 2 rings (SSSR count). The Morgan fingerprint density at radius 1 is 1.62 bits per heavy atom. The first-order valence-corrected chi connectivity index (χ1v) is 6.30. The molecule has 0 amide bonds. The van der Waals surface area contributed by atoms with Crippen molar-refractivity contribution in [3.05, 3.63) is 22.3 Å². The van der Waals surface area contributed by atoms with Crippen molar-refractivity contribution >= 4 is 21.7 Å². The fourth-order valence-electron chi connectivity index (χ4n) is 1.66. The van der Waals surface area contributed by atoms with E-state index in [-0.39, 0.29) is 0 Å². The van der Waals surface area contributed by atoms with Crippen LogP contribution in [0.1, 0.15) is 18.4 Å². The van der Waals surface area contributed by atoms with Gasteiger partial charge in [-0.25, -0.2) is 4.98 Å². The Hall–Kier alpha value is -1.01. The van der Waals surface area contributed by atoms with E-state index in [1.54, 1.807) is 0 Å². The Morgan fingerprint density at radius 2 is 2.38 bits per heavy atom. The van der Waals surface area contributed by atoms with Gasteiger partial charge in [0.1, 0.15) is 5.82 Å². The molecule has 1 saturated carbocycles. The number of halogens is 1. The van der Waals surface area contributed by atoms with E-state index in [0.717, 1.165) is 22.8 Å². The normalized spacial score (nSPS) is 14.6. The summed E-state index contributed by atoms with van der Waals surface area (Å²) in [4.78, 5) is 6.61. The first kappa shape index (κ1) is 11.5. The summed E-state index contributed by atoms with van der Waals surface area (Å²) in [6.45, 7) is 3.75. The van der Waals surface area contributed by atoms with E-state index in [2.05, 4.69) is 44.7 Å². The molecule has 0 bridgehead atoms. The summed E-state index contributed by atoms with van der Waals surface area (Å²) < 4.78 is 1.04. The zero-order valence-corrected chi connectivity index (χ0v) is 11.0. The Labute approximate surface area is 105 Å². The van der Waals surface area contributed by atoms with Crippen LogP contribution in [0.15, 0.2) is 16.7 Å². The molecule has 0 saturated heterocycles. The number of nitrogens with zero attached hydrogens (tertiary/aromatic N) is 2. The zero-order chi connectivity index (χ0) is 11.5. The van der Waals surface area contributed by atoms with Gasteiger partial charge in [-0.15, -0.1) is 6.42 Å². The molecule has 0 radical (unpaired) electrons. The summed E-state index contributed by atoms with van der Waals surface area (Å²) in [5.74, 6) is 4.52. The van der Waals surface area contributed by atoms with Crippen LogP contribution in [0.5, 0.6) is 0 Å². The van der Waals surface area contributed by atoms with Gasteiger partial charge in [-0.3, -0.25) is 0 Å². The maximum absolute atomic E-state index is 5.40. The minimum atomic E-state index is 0.643. The summed E-state index contributed by atoms with van der Waals surface area (Å²) in [5, 5.41) is 0. The van der Waals surface area contributed by atoms with E-state index in [4.69, 9.17) is 6.42 Å². The first-order chi connectivity index (χ1) is 7.70. The van der Waals surface area contributed by atoms with Gasteiger partial charge in [0.2, 0.25) is 0 Å². The highest BCUT2D eigenvalue weighted by molar-refractivity contribution is 9.10. The molecule has 2 nitrogen and oxygen atoms in total. The maximum atomic E-state index is 5.40. The summed E-state index contributed by atoms with van der Waals surface area (Å²) in [5.41, 5.74) is 1.20. The third-order valence-electron chi connectivity index (χ3n) is 2.81. The Balaban J connectivity index is 2.16. The van der Waals surface area contributed by atoms with Gasteiger partial charge in [-0.2, -0.15) is 0 Å². The molecule has 0 aromatic carbocycles. The van der Waals surface area contributed by atoms with Crippen LogP contribution >= 0.6 is 15.9 Å². The molecule has 0 unspecified atom stereocenters. The number of aryl methyl sites for hydroxylation is 1. The van der Waals surface area contributed by atoms with Crippen LogP contribution in [0.2, 0.25) is 0 Å². The third-order valence-corrected chi connectivity index (χ3v) is 3.64. The number of rotatable bonds is 4. The lowest BCUT2D eigenvalue weighted by molar-refractivity contribution is 0.754. The maximum Gasteiger partial charge on any atom is 0.129 e. The van der Waals surface area contributed by atoms with Crippen molar-refractivity contribution < 1.29 is 0 Å². The fraction of sp³-hybridized carbons (Fsp3) is 0.462. The highest BCUT2D eigenvalue weighted by Gasteiger charge is 2.24. The number of hydrogen-bond acceptors (Lipinski definition) is 2. The summed E-state index contributed by atoms with van der Waals surface area (Å²) in [6.07, 6.45) is 9.91. The molecular formula is C13H15BrN2. The predicted octanol–water partition coefficient (Wildman–Crippen LogP) is 3.00. The SMILES string of the molecule is C#CCN(CC1CC1)c1cc(C)c(Br)cn1. The molecule has 84 valence electrons. The van der Waals surface area contributed by atoms with Crippen molar-refractivity contribution in [3.8, 4) is 12.3 Å². The largest absolute Gasteiger partial charge is 0.345 e. The fourth-order valence-corrected chi connectivity index (χ4v) is 1.88. The van der Waals surface area contributed by atoms with Crippen LogP contribution in [-0.2, 0) is 0 Å². The molecule has 1 fully saturated rings. The lowest BCUT2D eigenvalue weighted by Crippen LogP contribution is -2.27. The van der Waals surface area contributed by atoms with E-state index in [0.29, 0.717) is 6.54 Å². The summed E-state index contributed by atoms with van der Waals surface area (Å²) in [7, 11) is 0. The Kier molecular flexibility index (Phi) is 3.50. The van der Waals surface area contributed by atoms with E-state index < -0.39 is 0 Å². The second kappa shape index (κ2) is 4.88. The van der Waals surface area contributed by atoms with Crippen LogP contribution in [0.25, 0.3) is 0 Å². The minimum absolute atomic E-state index is 0.643. The number of terminal acetylenes is 1. The van der Waals surface area contributed by atoms with Crippen LogP contribution < -0.4 is 4.90 Å². The number of anilines is 1. The number of hydrogen-bond donors (Lipinski definition) is 0. The van der Waals surface area contributed by atoms with Crippen molar-refractivity contribution in [2.45, 2.75) is 19.8 Å². The molecule has 1 aromatic heterocycles. The van der Waals surface area contributed by atoms with Gasteiger partial charge in [-0.05, 0) is 53.2 Å². The van der Waals surface area contributed by atoms with Gasteiger partial charge in [0.15, 0.2) is 0 Å². The first-order valence-electron chi connectivity index (χ1n) is 5.51. The van der Waals surface area contributed by atoms with E-state index in [1.807, 2.05) is 6.20 Å². The second-order valence-corrected chi connectivity index (χ2v) is 5.17. The molecule has 0 atom stereocenters. The quantitative estimate of drug-likeness (QED) is 0.788. The molecular weight excluding hydrogens is 264 g/mol. The highest BCUT2D eigenvalue weighted by atomic mass is 79.9. The molecule has 1 aliphatic rings. The number of pyridine rings is 1. The van der Waals surface area contributed by atoms with Gasteiger partial charge in [0, 0.05) is 17.2 Å². The number of aromatic nitrogens is 1. The topological polar surface area (TPSA) is 16.1 Å². The van der Waals surface area contributed by atoms with Gasteiger partial charge in [-0.1, -0.05) is 5.92 Å². The molecule has 3 heteroatoms.